The fourth-order valence-electron chi connectivity index (χ4n) is 1.19. The molecule has 0 aromatic heterocycles. The first-order valence-corrected chi connectivity index (χ1v) is 5.38. The van der Waals surface area contributed by atoms with Gasteiger partial charge in [-0.25, -0.2) is 0 Å². The molecule has 0 radical (unpaired) electrons. The van der Waals surface area contributed by atoms with Gasteiger partial charge in [0.05, 0.1) is 6.21 Å². The largest absolute Gasteiger partial charge is 0.481 e. The quantitative estimate of drug-likeness (QED) is 0.410. The van der Waals surface area contributed by atoms with Crippen molar-refractivity contribution in [1.82, 2.24) is 5.43 Å². The normalized spacial score (nSPS) is 10.4. The number of aryl methyl sites for hydroxylation is 1. The zero-order valence-electron chi connectivity index (χ0n) is 9.09. The first-order chi connectivity index (χ1) is 8.08. The molecule has 0 aliphatic carbocycles. The van der Waals surface area contributed by atoms with Crippen molar-refractivity contribution in [2.75, 3.05) is 0 Å². The van der Waals surface area contributed by atoms with Crippen LogP contribution in [0.4, 0.5) is 0 Å². The second-order valence-corrected chi connectivity index (χ2v) is 3.81. The van der Waals surface area contributed by atoms with Crippen LogP contribution >= 0.6 is 12.2 Å². The number of hydrogen-bond acceptors (Lipinski definition) is 3. The van der Waals surface area contributed by atoms with Gasteiger partial charge in [0, 0.05) is 6.42 Å². The molecule has 1 rings (SSSR count). The van der Waals surface area contributed by atoms with Crippen molar-refractivity contribution in [3.8, 4) is 0 Å². The Hall–Kier alpha value is -1.95. The number of nitrogens with one attached hydrogen (secondary N) is 1. The Morgan fingerprint density at radius 2 is 2.12 bits per heavy atom. The number of aliphatic carboxylic acids is 1. The van der Waals surface area contributed by atoms with E-state index in [2.05, 4.69) is 22.7 Å². The van der Waals surface area contributed by atoms with Gasteiger partial charge in [0.15, 0.2) is 5.11 Å². The minimum atomic E-state index is -0.795. The predicted octanol–water partition coefficient (Wildman–Crippen LogP) is 0.871. The van der Waals surface area contributed by atoms with E-state index in [1.54, 1.807) is 6.21 Å². The molecular weight excluding hydrogens is 238 g/mol. The molecule has 6 heteroatoms. The van der Waals surface area contributed by atoms with Gasteiger partial charge >= 0.3 is 5.97 Å². The van der Waals surface area contributed by atoms with Crippen LogP contribution in [0.15, 0.2) is 29.4 Å². The molecule has 0 aliphatic rings. The highest BCUT2D eigenvalue weighted by atomic mass is 32.1. The van der Waals surface area contributed by atoms with Crippen LogP contribution in [0.3, 0.4) is 0 Å². The van der Waals surface area contributed by atoms with Crippen molar-refractivity contribution in [2.45, 2.75) is 12.8 Å². The van der Waals surface area contributed by atoms with E-state index in [0.717, 1.165) is 11.1 Å². The van der Waals surface area contributed by atoms with Gasteiger partial charge in [0.25, 0.3) is 0 Å². The number of rotatable bonds is 5. The number of hydrogen-bond donors (Lipinski definition) is 3. The summed E-state index contributed by atoms with van der Waals surface area (Å²) in [5, 5.41) is 12.5. The van der Waals surface area contributed by atoms with E-state index < -0.39 is 5.97 Å². The number of carboxylic acids is 1. The minimum Gasteiger partial charge on any atom is -0.481 e. The summed E-state index contributed by atoms with van der Waals surface area (Å²) in [4.78, 5) is 10.4. The lowest BCUT2D eigenvalue weighted by Gasteiger charge is -1.99. The molecule has 0 heterocycles. The van der Waals surface area contributed by atoms with Gasteiger partial charge in [-0.2, -0.15) is 5.10 Å². The van der Waals surface area contributed by atoms with Crippen LogP contribution in [-0.4, -0.2) is 22.4 Å². The van der Waals surface area contributed by atoms with Crippen molar-refractivity contribution in [2.24, 2.45) is 10.8 Å². The molecule has 0 spiro atoms. The van der Waals surface area contributed by atoms with Crippen LogP contribution in [0.25, 0.3) is 0 Å². The van der Waals surface area contributed by atoms with Gasteiger partial charge in [0.1, 0.15) is 0 Å². The number of nitrogens with two attached hydrogens (primary N) is 1. The molecule has 0 aliphatic heterocycles. The second-order valence-electron chi connectivity index (χ2n) is 3.37. The molecule has 0 amide bonds. The zero-order valence-corrected chi connectivity index (χ0v) is 9.91. The molecule has 4 N–H and O–H groups in total. The third kappa shape index (κ3) is 5.62. The van der Waals surface area contributed by atoms with E-state index in [0.29, 0.717) is 6.42 Å². The van der Waals surface area contributed by atoms with E-state index in [1.807, 2.05) is 24.3 Å². The van der Waals surface area contributed by atoms with Crippen LogP contribution in [0.1, 0.15) is 17.5 Å². The third-order valence-corrected chi connectivity index (χ3v) is 2.09. The fourth-order valence-corrected chi connectivity index (χ4v) is 1.24. The number of thiocarbonyl (C=S) groups is 1. The maximum Gasteiger partial charge on any atom is 0.303 e. The highest BCUT2D eigenvalue weighted by Crippen LogP contribution is 2.05. The first kappa shape index (κ1) is 13.1. The summed E-state index contributed by atoms with van der Waals surface area (Å²) in [5.74, 6) is -0.795. The zero-order chi connectivity index (χ0) is 12.7. The molecule has 0 atom stereocenters. The Balaban J connectivity index is 2.52. The summed E-state index contributed by atoms with van der Waals surface area (Å²) in [6, 6.07) is 7.43. The third-order valence-electron chi connectivity index (χ3n) is 2.00. The smallest absolute Gasteiger partial charge is 0.303 e. The number of nitrogens with zero attached hydrogens (tertiary/aromatic N) is 1. The molecule has 90 valence electrons. The summed E-state index contributed by atoms with van der Waals surface area (Å²) >= 11 is 4.59. The highest BCUT2D eigenvalue weighted by molar-refractivity contribution is 7.80. The molecule has 0 fully saturated rings. The van der Waals surface area contributed by atoms with E-state index in [1.165, 1.54) is 0 Å². The van der Waals surface area contributed by atoms with E-state index in [9.17, 15) is 4.79 Å². The Labute approximate surface area is 104 Å². The summed E-state index contributed by atoms with van der Waals surface area (Å²) in [6.45, 7) is 0. The van der Waals surface area contributed by atoms with Crippen LogP contribution < -0.4 is 11.2 Å². The first-order valence-electron chi connectivity index (χ1n) is 4.97. The Morgan fingerprint density at radius 1 is 1.47 bits per heavy atom. The van der Waals surface area contributed by atoms with Crippen LogP contribution in [0.5, 0.6) is 0 Å². The summed E-state index contributed by atoms with van der Waals surface area (Å²) in [7, 11) is 0. The topological polar surface area (TPSA) is 87.7 Å². The van der Waals surface area contributed by atoms with Gasteiger partial charge in [-0.05, 0) is 29.8 Å². The van der Waals surface area contributed by atoms with Crippen molar-refractivity contribution in [3.63, 3.8) is 0 Å². The van der Waals surface area contributed by atoms with E-state index >= 15 is 0 Å². The molecular formula is C11H13N3O2S. The average molecular weight is 251 g/mol. The maximum absolute atomic E-state index is 10.4. The molecule has 5 nitrogen and oxygen atoms in total. The van der Waals surface area contributed by atoms with E-state index in [-0.39, 0.29) is 11.5 Å². The lowest BCUT2D eigenvalue weighted by molar-refractivity contribution is -0.136. The van der Waals surface area contributed by atoms with Crippen molar-refractivity contribution in [3.05, 3.63) is 35.4 Å². The van der Waals surface area contributed by atoms with Crippen LogP contribution in [0, 0.1) is 0 Å². The highest BCUT2D eigenvalue weighted by Gasteiger charge is 1.98. The Bertz CT molecular complexity index is 429. The number of carbonyl (C=O) groups is 1. The van der Waals surface area contributed by atoms with E-state index in [4.69, 9.17) is 10.8 Å². The molecule has 0 saturated carbocycles. The van der Waals surface area contributed by atoms with Gasteiger partial charge in [-0.3, -0.25) is 10.2 Å². The van der Waals surface area contributed by atoms with Crippen molar-refractivity contribution >= 4 is 29.5 Å². The summed E-state index contributed by atoms with van der Waals surface area (Å²) in [5.41, 5.74) is 9.51. The lowest BCUT2D eigenvalue weighted by Crippen LogP contribution is -2.23. The number of benzene rings is 1. The summed E-state index contributed by atoms with van der Waals surface area (Å²) in [6.07, 6.45) is 2.24. The minimum absolute atomic E-state index is 0.110. The fraction of sp³-hybridized carbons (Fsp3) is 0.182. The second kappa shape index (κ2) is 6.59. The number of carboxylic acid groups (broad SMARTS) is 1. The molecule has 0 bridgehead atoms. The van der Waals surface area contributed by atoms with Gasteiger partial charge in [-0.1, -0.05) is 24.3 Å². The molecule has 17 heavy (non-hydrogen) atoms. The molecule has 1 aromatic rings. The number of hydrazone groups is 1. The standard InChI is InChI=1S/C11H13N3O2S/c12-11(17)14-13-7-9-3-1-8(2-4-9)5-6-10(15)16/h1-4,7H,5-6H2,(H,15,16)(H3,12,14,17). The molecule has 0 unspecified atom stereocenters. The predicted molar refractivity (Wildman–Crippen MR) is 69.9 cm³/mol. The van der Waals surface area contributed by atoms with Crippen molar-refractivity contribution in [1.29, 1.82) is 0 Å². The van der Waals surface area contributed by atoms with Gasteiger partial charge in [-0.15, -0.1) is 0 Å². The van der Waals surface area contributed by atoms with Crippen LogP contribution in [-0.2, 0) is 11.2 Å². The Morgan fingerprint density at radius 3 is 2.65 bits per heavy atom. The average Bonchev–Trinajstić information content (AvgIpc) is 2.27. The molecule has 1 aromatic carbocycles. The Kier molecular flexibility index (Phi) is 5.09. The van der Waals surface area contributed by atoms with Gasteiger partial charge in [0.2, 0.25) is 0 Å². The van der Waals surface area contributed by atoms with Crippen LogP contribution in [0.2, 0.25) is 0 Å². The molecule has 0 saturated heterocycles. The maximum atomic E-state index is 10.4. The summed E-state index contributed by atoms with van der Waals surface area (Å²) < 4.78 is 0. The lowest BCUT2D eigenvalue weighted by atomic mass is 10.1. The van der Waals surface area contributed by atoms with Gasteiger partial charge < -0.3 is 10.8 Å². The monoisotopic (exact) mass is 251 g/mol. The SMILES string of the molecule is NC(=S)NN=Cc1ccc(CCC(=O)O)cc1. The van der Waals surface area contributed by atoms with Crippen molar-refractivity contribution < 1.29 is 9.90 Å².